The van der Waals surface area contributed by atoms with Gasteiger partial charge in [0.05, 0.1) is 16.3 Å². The first-order valence-electron chi connectivity index (χ1n) is 6.73. The van der Waals surface area contributed by atoms with Gasteiger partial charge in [0.2, 0.25) is 10.0 Å². The fraction of sp³-hybridized carbons (Fsp3) is 0.571. The van der Waals surface area contributed by atoms with Gasteiger partial charge in [0.25, 0.3) is 0 Å². The van der Waals surface area contributed by atoms with Gasteiger partial charge in [-0.2, -0.15) is 0 Å². The molecule has 5 nitrogen and oxygen atoms in total. The highest BCUT2D eigenvalue weighted by atomic mass is 32.2. The van der Waals surface area contributed by atoms with Crippen molar-refractivity contribution in [2.45, 2.75) is 45.6 Å². The number of hydrogen-bond acceptors (Lipinski definition) is 4. The lowest BCUT2D eigenvalue weighted by molar-refractivity contribution is 0.359. The smallest absolute Gasteiger partial charge is 0.240 e. The molecule has 1 unspecified atom stereocenters. The molecule has 0 heterocycles. The van der Waals surface area contributed by atoms with E-state index in [0.717, 1.165) is 0 Å². The first-order valence-corrected chi connectivity index (χ1v) is 8.22. The highest BCUT2D eigenvalue weighted by Crippen LogP contribution is 2.28. The van der Waals surface area contributed by atoms with Gasteiger partial charge < -0.3 is 11.1 Å². The van der Waals surface area contributed by atoms with E-state index in [2.05, 4.69) is 30.8 Å². The Morgan fingerprint density at radius 1 is 1.30 bits per heavy atom. The molecule has 1 aromatic carbocycles. The van der Waals surface area contributed by atoms with Crippen molar-refractivity contribution in [2.24, 2.45) is 5.41 Å². The first-order chi connectivity index (χ1) is 9.08. The number of sulfonamides is 1. The summed E-state index contributed by atoms with van der Waals surface area (Å²) in [4.78, 5) is 0.220. The van der Waals surface area contributed by atoms with E-state index in [1.165, 1.54) is 6.07 Å². The third-order valence-corrected chi connectivity index (χ3v) is 4.88. The number of rotatable bonds is 5. The van der Waals surface area contributed by atoms with Crippen LogP contribution in [0.4, 0.5) is 11.4 Å². The fourth-order valence-corrected chi connectivity index (χ4v) is 2.62. The maximum atomic E-state index is 12.0. The molecule has 0 amide bonds. The normalized spacial score (nSPS) is 14.1. The molecule has 114 valence electrons. The third kappa shape index (κ3) is 4.11. The van der Waals surface area contributed by atoms with Gasteiger partial charge in [-0.15, -0.1) is 0 Å². The van der Waals surface area contributed by atoms with Gasteiger partial charge >= 0.3 is 0 Å². The average molecular weight is 299 g/mol. The molecule has 0 saturated carbocycles. The van der Waals surface area contributed by atoms with Crippen LogP contribution in [-0.4, -0.2) is 21.0 Å². The van der Waals surface area contributed by atoms with Crippen molar-refractivity contribution in [3.8, 4) is 0 Å². The molecular formula is C14H25N3O2S. The highest BCUT2D eigenvalue weighted by molar-refractivity contribution is 7.89. The summed E-state index contributed by atoms with van der Waals surface area (Å²) in [6.07, 6.45) is 0. The third-order valence-electron chi connectivity index (χ3n) is 3.34. The van der Waals surface area contributed by atoms with Crippen LogP contribution in [0.3, 0.4) is 0 Å². The summed E-state index contributed by atoms with van der Waals surface area (Å²) in [5.74, 6) is 0. The Hall–Kier alpha value is -1.27. The molecule has 4 N–H and O–H groups in total. The van der Waals surface area contributed by atoms with Gasteiger partial charge in [-0.1, -0.05) is 27.7 Å². The van der Waals surface area contributed by atoms with Crippen molar-refractivity contribution in [1.82, 2.24) is 4.72 Å². The van der Waals surface area contributed by atoms with Crippen LogP contribution in [0.5, 0.6) is 0 Å². The summed E-state index contributed by atoms with van der Waals surface area (Å²) in [7, 11) is -3.47. The standard InChI is InChI=1S/C14H25N3O2S/c1-6-16-20(18,19)11-7-8-12(15)13(9-11)17-10(2)14(3,4)5/h7-10,16-17H,6,15H2,1-5H3. The van der Waals surface area contributed by atoms with Gasteiger partial charge in [0, 0.05) is 12.6 Å². The minimum absolute atomic E-state index is 0.0446. The second-order valence-corrected chi connectivity index (χ2v) is 7.75. The summed E-state index contributed by atoms with van der Waals surface area (Å²) in [6.45, 7) is 10.5. The topological polar surface area (TPSA) is 84.2 Å². The lowest BCUT2D eigenvalue weighted by Gasteiger charge is -2.29. The Morgan fingerprint density at radius 2 is 1.90 bits per heavy atom. The molecule has 1 aromatic rings. The molecule has 0 saturated heterocycles. The summed E-state index contributed by atoms with van der Waals surface area (Å²) in [5, 5.41) is 3.29. The molecule has 6 heteroatoms. The van der Waals surface area contributed by atoms with Gasteiger partial charge in [-0.25, -0.2) is 13.1 Å². The summed E-state index contributed by atoms with van der Waals surface area (Å²) >= 11 is 0. The number of benzene rings is 1. The van der Waals surface area contributed by atoms with Crippen molar-refractivity contribution in [3.63, 3.8) is 0 Å². The molecule has 0 spiro atoms. The minimum atomic E-state index is -3.47. The molecule has 0 aromatic heterocycles. The predicted molar refractivity (Wildman–Crippen MR) is 84.3 cm³/mol. The van der Waals surface area contributed by atoms with E-state index in [1.54, 1.807) is 19.1 Å². The first kappa shape index (κ1) is 16.8. The van der Waals surface area contributed by atoms with Crippen LogP contribution in [0.25, 0.3) is 0 Å². The van der Waals surface area contributed by atoms with E-state index >= 15 is 0 Å². The maximum Gasteiger partial charge on any atom is 0.240 e. The van der Waals surface area contributed by atoms with Crippen LogP contribution >= 0.6 is 0 Å². The van der Waals surface area contributed by atoms with Crippen molar-refractivity contribution in [2.75, 3.05) is 17.6 Å². The molecule has 1 atom stereocenters. The minimum Gasteiger partial charge on any atom is -0.397 e. The highest BCUT2D eigenvalue weighted by Gasteiger charge is 2.21. The summed E-state index contributed by atoms with van der Waals surface area (Å²) in [5.41, 5.74) is 7.15. The van der Waals surface area contributed by atoms with Gasteiger partial charge in [-0.3, -0.25) is 0 Å². The lowest BCUT2D eigenvalue weighted by atomic mass is 9.88. The zero-order valence-corrected chi connectivity index (χ0v) is 13.6. The van der Waals surface area contributed by atoms with E-state index in [4.69, 9.17) is 5.73 Å². The average Bonchev–Trinajstić information content (AvgIpc) is 2.30. The lowest BCUT2D eigenvalue weighted by Crippen LogP contribution is -2.31. The quantitative estimate of drug-likeness (QED) is 0.729. The number of hydrogen-bond donors (Lipinski definition) is 3. The molecular weight excluding hydrogens is 274 g/mol. The van der Waals surface area contributed by atoms with E-state index in [-0.39, 0.29) is 16.4 Å². The van der Waals surface area contributed by atoms with E-state index < -0.39 is 10.0 Å². The molecule has 0 fully saturated rings. The van der Waals surface area contributed by atoms with Crippen molar-refractivity contribution in [3.05, 3.63) is 18.2 Å². The second-order valence-electron chi connectivity index (χ2n) is 5.98. The van der Waals surface area contributed by atoms with Crippen molar-refractivity contribution in [1.29, 1.82) is 0 Å². The number of anilines is 2. The maximum absolute atomic E-state index is 12.0. The van der Waals surface area contributed by atoms with Crippen LogP contribution in [-0.2, 0) is 10.0 Å². The fourth-order valence-electron chi connectivity index (χ4n) is 1.55. The summed E-state index contributed by atoms with van der Waals surface area (Å²) < 4.78 is 26.5. The Kier molecular flexibility index (Phi) is 5.05. The summed E-state index contributed by atoms with van der Waals surface area (Å²) in [6, 6.07) is 4.86. The van der Waals surface area contributed by atoms with Gasteiger partial charge in [0.15, 0.2) is 0 Å². The van der Waals surface area contributed by atoms with Crippen LogP contribution in [0.2, 0.25) is 0 Å². The SMILES string of the molecule is CCNS(=O)(=O)c1ccc(N)c(NC(C)C(C)(C)C)c1. The van der Waals surface area contributed by atoms with E-state index in [1.807, 2.05) is 6.92 Å². The Morgan fingerprint density at radius 3 is 2.40 bits per heavy atom. The molecule has 0 aliphatic rings. The van der Waals surface area contributed by atoms with E-state index in [9.17, 15) is 8.42 Å². The van der Waals surface area contributed by atoms with Gasteiger partial charge in [0.1, 0.15) is 0 Å². The molecule has 1 rings (SSSR count). The van der Waals surface area contributed by atoms with Crippen LogP contribution < -0.4 is 15.8 Å². The molecule has 0 aliphatic carbocycles. The second kappa shape index (κ2) is 6.01. The molecule has 20 heavy (non-hydrogen) atoms. The Bertz CT molecular complexity index is 562. The molecule has 0 radical (unpaired) electrons. The van der Waals surface area contributed by atoms with Crippen molar-refractivity contribution >= 4 is 21.4 Å². The molecule has 0 bridgehead atoms. The predicted octanol–water partition coefficient (Wildman–Crippen LogP) is 2.41. The zero-order chi connectivity index (χ0) is 15.6. The molecule has 0 aliphatic heterocycles. The van der Waals surface area contributed by atoms with Gasteiger partial charge in [-0.05, 0) is 30.5 Å². The van der Waals surface area contributed by atoms with Crippen molar-refractivity contribution < 1.29 is 8.42 Å². The van der Waals surface area contributed by atoms with Crippen LogP contribution in [0, 0.1) is 5.41 Å². The number of nitrogens with one attached hydrogen (secondary N) is 2. The van der Waals surface area contributed by atoms with Crippen LogP contribution in [0.15, 0.2) is 23.1 Å². The van der Waals surface area contributed by atoms with Crippen LogP contribution in [0.1, 0.15) is 34.6 Å². The monoisotopic (exact) mass is 299 g/mol. The Balaban J connectivity index is 3.10. The Labute approximate surface area is 122 Å². The van der Waals surface area contributed by atoms with E-state index in [0.29, 0.717) is 17.9 Å². The zero-order valence-electron chi connectivity index (χ0n) is 12.8. The largest absolute Gasteiger partial charge is 0.397 e. The number of nitrogens with two attached hydrogens (primary N) is 1. The number of nitrogen functional groups attached to an aromatic ring is 1.